The van der Waals surface area contributed by atoms with E-state index in [9.17, 15) is 0 Å². The predicted molar refractivity (Wildman–Crippen MR) is 59.8 cm³/mol. The van der Waals surface area contributed by atoms with Crippen molar-refractivity contribution in [3.8, 4) is 0 Å². The smallest absolute Gasteiger partial charge is 0.0373 e. The van der Waals surface area contributed by atoms with E-state index in [0.717, 1.165) is 12.1 Å². The Morgan fingerprint density at radius 3 is 2.93 bits per heavy atom. The Kier molecular flexibility index (Phi) is 2.59. The number of nitrogens with zero attached hydrogens (tertiary/aromatic N) is 1. The van der Waals surface area contributed by atoms with Crippen molar-refractivity contribution in [1.82, 2.24) is 4.98 Å². The molecule has 1 aliphatic rings. The van der Waals surface area contributed by atoms with Gasteiger partial charge in [0.25, 0.3) is 0 Å². The van der Waals surface area contributed by atoms with Gasteiger partial charge >= 0.3 is 0 Å². The first kappa shape index (κ1) is 8.95. The monoisotopic (exact) mass is 183 g/mol. The number of allylic oxidation sites excluding steroid dienone is 6. The van der Waals surface area contributed by atoms with Gasteiger partial charge in [0, 0.05) is 11.9 Å². The molecule has 1 heteroatoms. The predicted octanol–water partition coefficient (Wildman–Crippen LogP) is 3.29. The molecule has 0 radical (unpaired) electrons. The van der Waals surface area contributed by atoms with Crippen LogP contribution in [0.25, 0.3) is 5.57 Å². The van der Waals surface area contributed by atoms with Crippen molar-refractivity contribution in [2.75, 3.05) is 0 Å². The van der Waals surface area contributed by atoms with Crippen LogP contribution in [0.1, 0.15) is 17.7 Å². The van der Waals surface area contributed by atoms with Crippen LogP contribution in [-0.4, -0.2) is 4.98 Å². The maximum absolute atomic E-state index is 4.29. The molecule has 0 aliphatic heterocycles. The fourth-order valence-electron chi connectivity index (χ4n) is 1.41. The number of hydrogen-bond donors (Lipinski definition) is 0. The second-order valence-electron chi connectivity index (χ2n) is 3.38. The highest BCUT2D eigenvalue weighted by Gasteiger charge is 1.97. The molecule has 1 aliphatic carbocycles. The van der Waals surface area contributed by atoms with E-state index in [4.69, 9.17) is 0 Å². The summed E-state index contributed by atoms with van der Waals surface area (Å²) < 4.78 is 0. The van der Waals surface area contributed by atoms with Crippen molar-refractivity contribution in [3.05, 3.63) is 60.0 Å². The third kappa shape index (κ3) is 1.99. The molecule has 0 saturated heterocycles. The molecular formula is C13H13N. The van der Waals surface area contributed by atoms with Crippen LogP contribution >= 0.6 is 0 Å². The number of hydrogen-bond acceptors (Lipinski definition) is 1. The van der Waals surface area contributed by atoms with Gasteiger partial charge in [-0.25, -0.2) is 0 Å². The van der Waals surface area contributed by atoms with Gasteiger partial charge in [-0.15, -0.1) is 0 Å². The van der Waals surface area contributed by atoms with Gasteiger partial charge in [0.15, 0.2) is 0 Å². The van der Waals surface area contributed by atoms with Crippen LogP contribution in [0.15, 0.2) is 48.7 Å². The molecule has 0 fully saturated rings. The minimum atomic E-state index is 1.01. The molecule has 0 N–H and O–H groups in total. The van der Waals surface area contributed by atoms with Crippen molar-refractivity contribution >= 4 is 5.57 Å². The number of pyridine rings is 1. The second-order valence-corrected chi connectivity index (χ2v) is 3.38. The molecule has 0 aromatic carbocycles. The minimum Gasteiger partial charge on any atom is -0.261 e. The molecule has 1 aromatic heterocycles. The normalized spacial score (nSPS) is 15.1. The topological polar surface area (TPSA) is 12.9 Å². The highest BCUT2D eigenvalue weighted by atomic mass is 14.7. The molecule has 70 valence electrons. The molecule has 1 nitrogen and oxygen atoms in total. The van der Waals surface area contributed by atoms with Gasteiger partial charge in [-0.2, -0.15) is 0 Å². The summed E-state index contributed by atoms with van der Waals surface area (Å²) in [5.41, 5.74) is 3.46. The third-order valence-electron chi connectivity index (χ3n) is 2.23. The van der Waals surface area contributed by atoms with E-state index in [1.807, 2.05) is 19.2 Å². The summed E-state index contributed by atoms with van der Waals surface area (Å²) in [6.45, 7) is 2.00. The van der Waals surface area contributed by atoms with Crippen molar-refractivity contribution in [3.63, 3.8) is 0 Å². The van der Waals surface area contributed by atoms with E-state index < -0.39 is 0 Å². The minimum absolute atomic E-state index is 1.01. The van der Waals surface area contributed by atoms with E-state index >= 15 is 0 Å². The molecular weight excluding hydrogens is 170 g/mol. The molecule has 0 amide bonds. The maximum atomic E-state index is 4.29. The van der Waals surface area contributed by atoms with Crippen LogP contribution in [0, 0.1) is 6.92 Å². The lowest BCUT2D eigenvalue weighted by Gasteiger charge is -2.00. The molecule has 1 aromatic rings. The van der Waals surface area contributed by atoms with E-state index in [-0.39, 0.29) is 0 Å². The van der Waals surface area contributed by atoms with E-state index in [2.05, 4.69) is 41.4 Å². The lowest BCUT2D eigenvalue weighted by atomic mass is 10.1. The Labute approximate surface area is 84.5 Å². The van der Waals surface area contributed by atoms with Gasteiger partial charge in [-0.1, -0.05) is 36.4 Å². The highest BCUT2D eigenvalue weighted by molar-refractivity contribution is 5.75. The van der Waals surface area contributed by atoms with Crippen LogP contribution in [0.5, 0.6) is 0 Å². The molecule has 0 saturated carbocycles. The zero-order valence-corrected chi connectivity index (χ0v) is 8.27. The van der Waals surface area contributed by atoms with Crippen LogP contribution < -0.4 is 0 Å². The average molecular weight is 183 g/mol. The van der Waals surface area contributed by atoms with Crippen molar-refractivity contribution < 1.29 is 0 Å². The Balaban J connectivity index is 2.34. The number of aromatic nitrogens is 1. The first-order chi connectivity index (χ1) is 6.86. The lowest BCUT2D eigenvalue weighted by molar-refractivity contribution is 1.19. The van der Waals surface area contributed by atoms with Crippen molar-refractivity contribution in [2.24, 2.45) is 0 Å². The zero-order chi connectivity index (χ0) is 9.80. The molecule has 2 rings (SSSR count). The first-order valence-corrected chi connectivity index (χ1v) is 4.83. The second kappa shape index (κ2) is 4.05. The van der Waals surface area contributed by atoms with Crippen molar-refractivity contribution in [2.45, 2.75) is 13.3 Å². The van der Waals surface area contributed by atoms with Gasteiger partial charge in [0.2, 0.25) is 0 Å². The molecule has 0 unspecified atom stereocenters. The first-order valence-electron chi connectivity index (χ1n) is 4.83. The summed E-state index contributed by atoms with van der Waals surface area (Å²) >= 11 is 0. The average Bonchev–Trinajstić information content (AvgIpc) is 2.47. The van der Waals surface area contributed by atoms with Gasteiger partial charge < -0.3 is 0 Å². The summed E-state index contributed by atoms with van der Waals surface area (Å²) in [7, 11) is 0. The molecule has 0 atom stereocenters. The van der Waals surface area contributed by atoms with Crippen LogP contribution in [-0.2, 0) is 0 Å². The summed E-state index contributed by atoms with van der Waals surface area (Å²) in [5, 5.41) is 0. The quantitative estimate of drug-likeness (QED) is 0.651. The van der Waals surface area contributed by atoms with Crippen LogP contribution in [0.4, 0.5) is 0 Å². The fourth-order valence-corrected chi connectivity index (χ4v) is 1.41. The Hall–Kier alpha value is -1.63. The summed E-state index contributed by atoms with van der Waals surface area (Å²) in [6, 6.07) is 4.15. The summed E-state index contributed by atoms with van der Waals surface area (Å²) in [5.74, 6) is 0. The Morgan fingerprint density at radius 1 is 1.21 bits per heavy atom. The number of aryl methyl sites for hydroxylation is 1. The lowest BCUT2D eigenvalue weighted by Crippen LogP contribution is -1.84. The molecule has 0 spiro atoms. The SMILES string of the molecule is Cc1ccc(C2=CC=CCC=C2)cn1. The zero-order valence-electron chi connectivity index (χ0n) is 8.27. The Morgan fingerprint density at radius 2 is 2.14 bits per heavy atom. The molecule has 1 heterocycles. The summed E-state index contributed by atoms with van der Waals surface area (Å²) in [6.07, 6.45) is 13.6. The van der Waals surface area contributed by atoms with Gasteiger partial charge in [0.1, 0.15) is 0 Å². The van der Waals surface area contributed by atoms with E-state index in [1.165, 1.54) is 11.1 Å². The maximum Gasteiger partial charge on any atom is 0.0373 e. The van der Waals surface area contributed by atoms with E-state index in [0.29, 0.717) is 0 Å². The van der Waals surface area contributed by atoms with Gasteiger partial charge in [0.05, 0.1) is 0 Å². The van der Waals surface area contributed by atoms with Crippen LogP contribution in [0.3, 0.4) is 0 Å². The third-order valence-corrected chi connectivity index (χ3v) is 2.23. The summed E-state index contributed by atoms with van der Waals surface area (Å²) in [4.78, 5) is 4.29. The Bertz CT molecular complexity index is 394. The fraction of sp³-hybridized carbons (Fsp3) is 0.154. The van der Waals surface area contributed by atoms with Gasteiger partial charge in [-0.05, 0) is 30.5 Å². The van der Waals surface area contributed by atoms with Crippen molar-refractivity contribution in [1.29, 1.82) is 0 Å². The largest absolute Gasteiger partial charge is 0.261 e. The number of rotatable bonds is 1. The van der Waals surface area contributed by atoms with Gasteiger partial charge in [-0.3, -0.25) is 4.98 Å². The molecule has 14 heavy (non-hydrogen) atoms. The highest BCUT2D eigenvalue weighted by Crippen LogP contribution is 2.17. The standard InChI is InChI=1S/C13H13N/c1-11-8-9-13(10-14-11)12-6-4-2-3-5-7-12/h2,4-10H,3H2,1H3. The van der Waals surface area contributed by atoms with E-state index in [1.54, 1.807) is 0 Å². The molecule has 0 bridgehead atoms. The van der Waals surface area contributed by atoms with Crippen LogP contribution in [0.2, 0.25) is 0 Å².